The largest absolute Gasteiger partial charge is 0.399 e. The molecule has 1 saturated heterocycles. The third-order valence-corrected chi connectivity index (χ3v) is 3.86. The third-order valence-electron chi connectivity index (χ3n) is 3.86. The number of nitrogens with zero attached hydrogens (tertiary/aromatic N) is 2. The fourth-order valence-corrected chi connectivity index (χ4v) is 2.54. The molecular formula is C16H23N3O2. The lowest BCUT2D eigenvalue weighted by atomic mass is 10.1. The second kappa shape index (κ2) is 6.16. The first-order chi connectivity index (χ1) is 9.90. The number of benzene rings is 1. The van der Waals surface area contributed by atoms with Crippen LogP contribution in [-0.2, 0) is 4.79 Å². The first kappa shape index (κ1) is 15.4. The molecule has 1 aromatic rings. The highest BCUT2D eigenvalue weighted by molar-refractivity contribution is 5.96. The van der Waals surface area contributed by atoms with Gasteiger partial charge in [-0.1, -0.05) is 19.9 Å². The van der Waals surface area contributed by atoms with E-state index in [9.17, 15) is 9.59 Å². The smallest absolute Gasteiger partial charge is 0.254 e. The molecule has 0 aliphatic carbocycles. The summed E-state index contributed by atoms with van der Waals surface area (Å²) in [5.41, 5.74) is 7.94. The van der Waals surface area contributed by atoms with Crippen molar-refractivity contribution in [3.8, 4) is 0 Å². The topological polar surface area (TPSA) is 66.6 Å². The summed E-state index contributed by atoms with van der Waals surface area (Å²) in [7, 11) is 0. The molecule has 114 valence electrons. The Morgan fingerprint density at radius 1 is 1.10 bits per heavy atom. The molecule has 0 spiro atoms. The molecule has 1 aliphatic heterocycles. The van der Waals surface area contributed by atoms with Crippen molar-refractivity contribution in [1.29, 1.82) is 0 Å². The van der Waals surface area contributed by atoms with E-state index < -0.39 is 0 Å². The molecule has 0 saturated carbocycles. The Balaban J connectivity index is 2.03. The van der Waals surface area contributed by atoms with Crippen LogP contribution in [0.4, 0.5) is 5.69 Å². The summed E-state index contributed by atoms with van der Waals surface area (Å²) in [5, 5.41) is 0. The van der Waals surface area contributed by atoms with Gasteiger partial charge < -0.3 is 15.5 Å². The van der Waals surface area contributed by atoms with E-state index >= 15 is 0 Å². The predicted octanol–water partition coefficient (Wildman–Crippen LogP) is 1.52. The number of nitrogens with two attached hydrogens (primary N) is 1. The molecule has 2 N–H and O–H groups in total. The Morgan fingerprint density at radius 2 is 1.67 bits per heavy atom. The van der Waals surface area contributed by atoms with Gasteiger partial charge in [0.25, 0.3) is 5.91 Å². The van der Waals surface area contributed by atoms with Gasteiger partial charge in [-0.05, 0) is 24.6 Å². The second-order valence-electron chi connectivity index (χ2n) is 5.85. The average molecular weight is 289 g/mol. The summed E-state index contributed by atoms with van der Waals surface area (Å²) in [5.74, 6) is 0.155. The van der Waals surface area contributed by atoms with Crippen molar-refractivity contribution in [3.63, 3.8) is 0 Å². The van der Waals surface area contributed by atoms with Crippen LogP contribution in [0.3, 0.4) is 0 Å². The number of anilines is 1. The summed E-state index contributed by atoms with van der Waals surface area (Å²) >= 11 is 0. The van der Waals surface area contributed by atoms with E-state index in [-0.39, 0.29) is 17.7 Å². The quantitative estimate of drug-likeness (QED) is 0.839. The number of carbonyl (C=O) groups excluding carboxylic acids is 2. The van der Waals surface area contributed by atoms with Crippen LogP contribution in [0.5, 0.6) is 0 Å². The van der Waals surface area contributed by atoms with E-state index in [4.69, 9.17) is 5.73 Å². The van der Waals surface area contributed by atoms with Crippen molar-refractivity contribution in [1.82, 2.24) is 9.80 Å². The molecule has 1 fully saturated rings. The zero-order chi connectivity index (χ0) is 15.6. The number of carbonyl (C=O) groups is 2. The summed E-state index contributed by atoms with van der Waals surface area (Å²) < 4.78 is 0. The molecule has 1 aromatic carbocycles. The van der Waals surface area contributed by atoms with Crippen molar-refractivity contribution in [2.45, 2.75) is 20.8 Å². The molecule has 21 heavy (non-hydrogen) atoms. The maximum Gasteiger partial charge on any atom is 0.254 e. The summed E-state index contributed by atoms with van der Waals surface area (Å²) in [6, 6.07) is 5.38. The maximum absolute atomic E-state index is 12.6. The Labute approximate surface area is 125 Å². The van der Waals surface area contributed by atoms with Crippen molar-refractivity contribution < 1.29 is 9.59 Å². The molecule has 0 radical (unpaired) electrons. The third kappa shape index (κ3) is 3.35. The summed E-state index contributed by atoms with van der Waals surface area (Å²) in [6.07, 6.45) is 0. The van der Waals surface area contributed by atoms with Crippen LogP contribution in [-0.4, -0.2) is 47.8 Å². The second-order valence-corrected chi connectivity index (χ2v) is 5.85. The van der Waals surface area contributed by atoms with Gasteiger partial charge in [0.05, 0.1) is 0 Å². The van der Waals surface area contributed by atoms with Gasteiger partial charge in [0, 0.05) is 43.3 Å². The molecular weight excluding hydrogens is 266 g/mol. The van der Waals surface area contributed by atoms with Crippen molar-refractivity contribution in [2.75, 3.05) is 31.9 Å². The molecule has 1 aliphatic rings. The predicted molar refractivity (Wildman–Crippen MR) is 82.9 cm³/mol. The number of piperazine rings is 1. The summed E-state index contributed by atoms with van der Waals surface area (Å²) in [6.45, 7) is 8.06. The zero-order valence-corrected chi connectivity index (χ0v) is 12.9. The zero-order valence-electron chi connectivity index (χ0n) is 12.9. The summed E-state index contributed by atoms with van der Waals surface area (Å²) in [4.78, 5) is 28.1. The van der Waals surface area contributed by atoms with Gasteiger partial charge in [-0.3, -0.25) is 9.59 Å². The van der Waals surface area contributed by atoms with E-state index in [1.807, 2.05) is 31.7 Å². The lowest BCUT2D eigenvalue weighted by Crippen LogP contribution is -2.51. The van der Waals surface area contributed by atoms with Crippen LogP contribution in [0, 0.1) is 12.8 Å². The number of rotatable bonds is 2. The monoisotopic (exact) mass is 289 g/mol. The van der Waals surface area contributed by atoms with Crippen LogP contribution in [0.15, 0.2) is 18.2 Å². The molecule has 0 bridgehead atoms. The maximum atomic E-state index is 12.6. The SMILES string of the molecule is Cc1ccc(N)cc1C(=O)N1CCN(C(=O)C(C)C)CC1. The normalized spacial score (nSPS) is 15.4. The molecule has 2 rings (SSSR count). The van der Waals surface area contributed by atoms with Crippen LogP contribution in [0.2, 0.25) is 0 Å². The van der Waals surface area contributed by atoms with Gasteiger partial charge in [0.15, 0.2) is 0 Å². The fourth-order valence-electron chi connectivity index (χ4n) is 2.54. The molecule has 0 unspecified atom stereocenters. The minimum Gasteiger partial charge on any atom is -0.399 e. The lowest BCUT2D eigenvalue weighted by Gasteiger charge is -2.35. The highest BCUT2D eigenvalue weighted by atomic mass is 16.2. The van der Waals surface area contributed by atoms with Gasteiger partial charge in [-0.25, -0.2) is 0 Å². The number of hydrogen-bond donors (Lipinski definition) is 1. The van der Waals surface area contributed by atoms with Crippen LogP contribution in [0.1, 0.15) is 29.8 Å². The Hall–Kier alpha value is -2.04. The van der Waals surface area contributed by atoms with Crippen molar-refractivity contribution in [2.24, 2.45) is 5.92 Å². The van der Waals surface area contributed by atoms with Gasteiger partial charge in [0.1, 0.15) is 0 Å². The lowest BCUT2D eigenvalue weighted by molar-refractivity contribution is -0.135. The van der Waals surface area contributed by atoms with Crippen LogP contribution >= 0.6 is 0 Å². The molecule has 0 atom stereocenters. The van der Waals surface area contributed by atoms with Crippen LogP contribution in [0.25, 0.3) is 0 Å². The first-order valence-electron chi connectivity index (χ1n) is 7.34. The minimum absolute atomic E-state index is 0.00316. The van der Waals surface area contributed by atoms with Crippen LogP contribution < -0.4 is 5.73 Å². The molecule has 0 aromatic heterocycles. The Bertz CT molecular complexity index is 546. The highest BCUT2D eigenvalue weighted by Gasteiger charge is 2.26. The van der Waals surface area contributed by atoms with E-state index in [0.29, 0.717) is 37.4 Å². The van der Waals surface area contributed by atoms with Crippen molar-refractivity contribution >= 4 is 17.5 Å². The number of aryl methyl sites for hydroxylation is 1. The van der Waals surface area contributed by atoms with Gasteiger partial charge in [-0.2, -0.15) is 0 Å². The average Bonchev–Trinajstić information content (AvgIpc) is 2.48. The number of hydrogen-bond acceptors (Lipinski definition) is 3. The van der Waals surface area contributed by atoms with Gasteiger partial charge >= 0.3 is 0 Å². The van der Waals surface area contributed by atoms with E-state index in [1.165, 1.54) is 0 Å². The number of nitrogen functional groups attached to an aromatic ring is 1. The minimum atomic E-state index is -0.00329. The Morgan fingerprint density at radius 3 is 2.24 bits per heavy atom. The molecule has 2 amide bonds. The van der Waals surface area contributed by atoms with E-state index in [2.05, 4.69) is 0 Å². The highest BCUT2D eigenvalue weighted by Crippen LogP contribution is 2.17. The Kier molecular flexibility index (Phi) is 4.50. The first-order valence-corrected chi connectivity index (χ1v) is 7.34. The molecule has 1 heterocycles. The van der Waals surface area contributed by atoms with Gasteiger partial charge in [0.2, 0.25) is 5.91 Å². The fraction of sp³-hybridized carbons (Fsp3) is 0.500. The van der Waals surface area contributed by atoms with Crippen molar-refractivity contribution in [3.05, 3.63) is 29.3 Å². The van der Waals surface area contributed by atoms with E-state index in [0.717, 1.165) is 5.56 Å². The van der Waals surface area contributed by atoms with Gasteiger partial charge in [-0.15, -0.1) is 0 Å². The molecule has 5 heteroatoms. The van der Waals surface area contributed by atoms with E-state index in [1.54, 1.807) is 17.0 Å². The molecule has 5 nitrogen and oxygen atoms in total. The number of amides is 2. The standard InChI is InChI=1S/C16H23N3O2/c1-11(2)15(20)18-6-8-19(9-7-18)16(21)14-10-13(17)5-4-12(14)3/h4-5,10-11H,6-9,17H2,1-3H3.